The molecule has 3 rings (SSSR count). The number of aliphatic hydroxyl groups is 2. The van der Waals surface area contributed by atoms with Crippen molar-refractivity contribution in [2.24, 2.45) is 11.8 Å². The summed E-state index contributed by atoms with van der Waals surface area (Å²) in [6.07, 6.45) is -2.38. The van der Waals surface area contributed by atoms with Gasteiger partial charge in [0.05, 0.1) is 17.8 Å². The normalized spacial score (nSPS) is 16.1. The van der Waals surface area contributed by atoms with E-state index in [0.717, 1.165) is 11.1 Å². The molecular weight excluding hydrogens is 376 g/mol. The van der Waals surface area contributed by atoms with Gasteiger partial charge in [-0.3, -0.25) is 0 Å². The van der Waals surface area contributed by atoms with E-state index in [1.54, 1.807) is 31.2 Å². The summed E-state index contributed by atoms with van der Waals surface area (Å²) in [5.74, 6) is -1.34. The first-order valence-corrected chi connectivity index (χ1v) is 10.2. The quantitative estimate of drug-likeness (QED) is 0.521. The van der Waals surface area contributed by atoms with Crippen molar-refractivity contribution in [2.45, 2.75) is 32.2 Å². The predicted octanol–water partition coefficient (Wildman–Crippen LogP) is 4.95. The first-order valence-electron chi connectivity index (χ1n) is 10.2. The van der Waals surface area contributed by atoms with Crippen LogP contribution < -0.4 is 0 Å². The number of rotatable bonds is 8. The highest BCUT2D eigenvalue weighted by Gasteiger charge is 2.35. The molecule has 0 radical (unpaired) electrons. The Bertz CT molecular complexity index is 912. The molecule has 0 fully saturated rings. The molecule has 0 aliphatic heterocycles. The lowest BCUT2D eigenvalue weighted by molar-refractivity contribution is -0.0552. The summed E-state index contributed by atoms with van der Waals surface area (Å²) in [4.78, 5) is 12.7. The Balaban J connectivity index is 1.82. The molecule has 0 spiro atoms. The summed E-state index contributed by atoms with van der Waals surface area (Å²) in [5.41, 5.74) is 2.00. The van der Waals surface area contributed by atoms with Crippen molar-refractivity contribution >= 4 is 5.97 Å². The van der Waals surface area contributed by atoms with Crippen molar-refractivity contribution in [2.75, 3.05) is 0 Å². The van der Waals surface area contributed by atoms with Crippen LogP contribution in [0.3, 0.4) is 0 Å². The van der Waals surface area contributed by atoms with Crippen molar-refractivity contribution in [3.63, 3.8) is 0 Å². The van der Waals surface area contributed by atoms with Crippen molar-refractivity contribution in [1.29, 1.82) is 0 Å². The van der Waals surface area contributed by atoms with Gasteiger partial charge in [-0.05, 0) is 23.3 Å². The second-order valence-corrected chi connectivity index (χ2v) is 7.67. The van der Waals surface area contributed by atoms with Crippen LogP contribution in [0.4, 0.5) is 0 Å². The molecule has 156 valence electrons. The van der Waals surface area contributed by atoms with Crippen LogP contribution in [0.5, 0.6) is 0 Å². The Morgan fingerprint density at radius 3 is 1.70 bits per heavy atom. The second-order valence-electron chi connectivity index (χ2n) is 7.67. The van der Waals surface area contributed by atoms with Crippen molar-refractivity contribution in [1.82, 2.24) is 0 Å². The Hall–Kier alpha value is -2.95. The van der Waals surface area contributed by atoms with E-state index < -0.39 is 36.1 Å². The van der Waals surface area contributed by atoms with Gasteiger partial charge in [-0.1, -0.05) is 92.7 Å². The minimum Gasteiger partial charge on any atom is -0.454 e. The topological polar surface area (TPSA) is 66.8 Å². The maximum atomic E-state index is 12.7. The van der Waals surface area contributed by atoms with Gasteiger partial charge >= 0.3 is 5.97 Å². The molecule has 0 bridgehead atoms. The van der Waals surface area contributed by atoms with Gasteiger partial charge in [-0.15, -0.1) is 0 Å². The molecule has 2 N–H and O–H groups in total. The Morgan fingerprint density at radius 2 is 1.17 bits per heavy atom. The van der Waals surface area contributed by atoms with E-state index in [0.29, 0.717) is 5.56 Å². The van der Waals surface area contributed by atoms with E-state index in [9.17, 15) is 15.0 Å². The molecular formula is C26H28O4. The lowest BCUT2D eigenvalue weighted by Crippen LogP contribution is -2.35. The third-order valence-electron chi connectivity index (χ3n) is 5.57. The summed E-state index contributed by atoms with van der Waals surface area (Å²) in [5, 5.41) is 21.8. The van der Waals surface area contributed by atoms with Crippen LogP contribution in [-0.4, -0.2) is 22.3 Å². The van der Waals surface area contributed by atoms with Gasteiger partial charge in [0.25, 0.3) is 0 Å². The molecule has 3 aromatic carbocycles. The average molecular weight is 405 g/mol. The Kier molecular flexibility index (Phi) is 7.39. The maximum Gasteiger partial charge on any atom is 0.338 e. The van der Waals surface area contributed by atoms with Gasteiger partial charge in [-0.25, -0.2) is 4.79 Å². The van der Waals surface area contributed by atoms with E-state index >= 15 is 0 Å². The first kappa shape index (κ1) is 21.8. The molecule has 4 heteroatoms. The zero-order valence-corrected chi connectivity index (χ0v) is 17.3. The summed E-state index contributed by atoms with van der Waals surface area (Å²) in [6, 6.07) is 27.5. The third kappa shape index (κ3) is 5.15. The van der Waals surface area contributed by atoms with Crippen LogP contribution in [0, 0.1) is 11.8 Å². The van der Waals surface area contributed by atoms with Crippen LogP contribution in [0.15, 0.2) is 91.0 Å². The van der Waals surface area contributed by atoms with Crippen LogP contribution in [0.1, 0.15) is 47.5 Å². The summed E-state index contributed by atoms with van der Waals surface area (Å²) in [6.45, 7) is 3.65. The molecule has 3 aromatic rings. The SMILES string of the molecule is C[C@H]([C@H](O)[C@H](C)[C@H](O)c1ccccc1)[C@@H](OC(=O)c1ccccc1)c1ccccc1. The number of hydrogen-bond donors (Lipinski definition) is 2. The lowest BCUT2D eigenvalue weighted by atomic mass is 9.82. The molecule has 30 heavy (non-hydrogen) atoms. The highest BCUT2D eigenvalue weighted by Crippen LogP contribution is 2.35. The fraction of sp³-hybridized carbons (Fsp3) is 0.269. The van der Waals surface area contributed by atoms with Crippen molar-refractivity contribution in [3.05, 3.63) is 108 Å². The molecule has 0 amide bonds. The van der Waals surface area contributed by atoms with E-state index in [1.807, 2.05) is 73.7 Å². The standard InChI is InChI=1S/C26H28O4/c1-18(24(28)20-12-6-3-7-13-20)23(27)19(2)25(21-14-8-4-9-15-21)30-26(29)22-16-10-5-11-17-22/h3-19,23-25,27-28H,1-2H3/t18-,19+,23+,24-,25+/m0/s1. The largest absolute Gasteiger partial charge is 0.454 e. The minimum atomic E-state index is -0.894. The smallest absolute Gasteiger partial charge is 0.338 e. The maximum absolute atomic E-state index is 12.7. The Labute approximate surface area is 177 Å². The van der Waals surface area contributed by atoms with Gasteiger partial charge < -0.3 is 14.9 Å². The molecule has 0 unspecified atom stereocenters. The molecule has 5 atom stereocenters. The highest BCUT2D eigenvalue weighted by atomic mass is 16.5. The number of carbonyl (C=O) groups excluding carboxylic acids is 1. The lowest BCUT2D eigenvalue weighted by Gasteiger charge is -2.33. The van der Waals surface area contributed by atoms with Gasteiger partial charge in [0.2, 0.25) is 0 Å². The first-order chi connectivity index (χ1) is 14.5. The van der Waals surface area contributed by atoms with Crippen LogP contribution in [-0.2, 0) is 4.74 Å². The monoisotopic (exact) mass is 404 g/mol. The molecule has 0 aromatic heterocycles. The highest BCUT2D eigenvalue weighted by molar-refractivity contribution is 5.89. The number of esters is 1. The van der Waals surface area contributed by atoms with Gasteiger partial charge in [-0.2, -0.15) is 0 Å². The predicted molar refractivity (Wildman–Crippen MR) is 117 cm³/mol. The summed E-state index contributed by atoms with van der Waals surface area (Å²) >= 11 is 0. The molecule has 0 aliphatic rings. The minimum absolute atomic E-state index is 0.437. The number of aliphatic hydroxyl groups excluding tert-OH is 2. The molecule has 0 saturated heterocycles. The third-order valence-corrected chi connectivity index (χ3v) is 5.57. The zero-order valence-electron chi connectivity index (χ0n) is 17.3. The zero-order chi connectivity index (χ0) is 21.5. The number of benzene rings is 3. The van der Waals surface area contributed by atoms with Crippen LogP contribution in [0.25, 0.3) is 0 Å². The van der Waals surface area contributed by atoms with Gasteiger partial charge in [0.1, 0.15) is 6.10 Å². The van der Waals surface area contributed by atoms with Crippen LogP contribution >= 0.6 is 0 Å². The van der Waals surface area contributed by atoms with E-state index in [4.69, 9.17) is 4.74 Å². The van der Waals surface area contributed by atoms with E-state index in [-0.39, 0.29) is 0 Å². The number of carbonyl (C=O) groups is 1. The average Bonchev–Trinajstić information content (AvgIpc) is 2.82. The van der Waals surface area contributed by atoms with E-state index in [2.05, 4.69) is 0 Å². The molecule has 0 saturated carbocycles. The number of ether oxygens (including phenoxy) is 1. The molecule has 0 aliphatic carbocycles. The summed E-state index contributed by atoms with van der Waals surface area (Å²) in [7, 11) is 0. The number of hydrogen-bond acceptors (Lipinski definition) is 4. The van der Waals surface area contributed by atoms with Crippen LogP contribution in [0.2, 0.25) is 0 Å². The Morgan fingerprint density at radius 1 is 0.700 bits per heavy atom. The second kappa shape index (κ2) is 10.2. The fourth-order valence-electron chi connectivity index (χ4n) is 3.68. The molecule has 4 nitrogen and oxygen atoms in total. The fourth-order valence-corrected chi connectivity index (χ4v) is 3.68. The molecule has 0 heterocycles. The van der Waals surface area contributed by atoms with Crippen molar-refractivity contribution < 1.29 is 19.7 Å². The van der Waals surface area contributed by atoms with Crippen molar-refractivity contribution in [3.8, 4) is 0 Å². The van der Waals surface area contributed by atoms with Gasteiger partial charge in [0.15, 0.2) is 0 Å². The van der Waals surface area contributed by atoms with Gasteiger partial charge in [0, 0.05) is 11.8 Å². The summed E-state index contributed by atoms with van der Waals surface area (Å²) < 4.78 is 5.86. The van der Waals surface area contributed by atoms with E-state index in [1.165, 1.54) is 0 Å².